The van der Waals surface area contributed by atoms with Crippen molar-refractivity contribution in [3.63, 3.8) is 0 Å². The first-order valence-corrected chi connectivity index (χ1v) is 14.6. The lowest BCUT2D eigenvalue weighted by Crippen LogP contribution is -2.27. The van der Waals surface area contributed by atoms with Gasteiger partial charge in [0.25, 0.3) is 0 Å². The summed E-state index contributed by atoms with van der Waals surface area (Å²) in [6.45, 7) is 1.41. The third-order valence-electron chi connectivity index (χ3n) is 7.46. The largest absolute Gasteiger partial charge is 0.492 e. The molecule has 1 atom stereocenters. The van der Waals surface area contributed by atoms with E-state index in [-0.39, 0.29) is 11.9 Å². The van der Waals surface area contributed by atoms with Crippen molar-refractivity contribution in [3.05, 3.63) is 78.6 Å². The van der Waals surface area contributed by atoms with Gasteiger partial charge in [0.2, 0.25) is 15.9 Å². The molecule has 0 radical (unpaired) electrons. The Morgan fingerprint density at radius 3 is 2.55 bits per heavy atom. The molecule has 1 fully saturated rings. The van der Waals surface area contributed by atoms with Crippen LogP contribution in [0.5, 0.6) is 5.88 Å². The average molecular weight is 531 g/mol. The number of ether oxygens (including phenoxy) is 1. The number of sulfonamides is 1. The van der Waals surface area contributed by atoms with Crippen LogP contribution < -0.4 is 4.72 Å². The molecular formula is C29H30N4O4S. The molecule has 38 heavy (non-hydrogen) atoms. The number of rotatable bonds is 6. The summed E-state index contributed by atoms with van der Waals surface area (Å²) >= 11 is 0. The Labute approximate surface area is 221 Å². The molecule has 1 aliphatic heterocycles. The predicted octanol–water partition coefficient (Wildman–Crippen LogP) is 5.29. The van der Waals surface area contributed by atoms with Gasteiger partial charge in [-0.2, -0.15) is 0 Å². The smallest absolute Gasteiger partial charge is 0.236 e. The maximum Gasteiger partial charge on any atom is 0.236 e. The molecule has 6 rings (SSSR count). The van der Waals surface area contributed by atoms with E-state index in [1.165, 1.54) is 11.8 Å². The number of aromatic hydroxyl groups is 1. The summed E-state index contributed by atoms with van der Waals surface area (Å²) in [5.41, 5.74) is 5.19. The molecule has 4 heterocycles. The number of nitrogens with one attached hydrogen (secondary N) is 1. The van der Waals surface area contributed by atoms with Gasteiger partial charge in [-0.25, -0.2) is 13.4 Å². The molecule has 0 amide bonds. The van der Waals surface area contributed by atoms with Crippen LogP contribution >= 0.6 is 0 Å². The van der Waals surface area contributed by atoms with Gasteiger partial charge in [-0.15, -0.1) is 0 Å². The molecule has 0 aliphatic carbocycles. The van der Waals surface area contributed by atoms with Crippen molar-refractivity contribution in [2.24, 2.45) is 13.0 Å². The third kappa shape index (κ3) is 4.31. The highest BCUT2D eigenvalue weighted by Crippen LogP contribution is 2.44. The minimum absolute atomic E-state index is 0.00762. The zero-order valence-electron chi connectivity index (χ0n) is 21.3. The van der Waals surface area contributed by atoms with Crippen LogP contribution in [0.15, 0.2) is 73.1 Å². The topological polar surface area (TPSA) is 98.4 Å². The van der Waals surface area contributed by atoms with Gasteiger partial charge in [0.1, 0.15) is 5.52 Å². The normalized spacial score (nSPS) is 15.7. The summed E-state index contributed by atoms with van der Waals surface area (Å²) in [7, 11) is -1.59. The number of anilines is 1. The Bertz CT molecular complexity index is 1740. The zero-order chi connectivity index (χ0) is 26.4. The Morgan fingerprint density at radius 1 is 1.05 bits per heavy atom. The van der Waals surface area contributed by atoms with E-state index in [9.17, 15) is 13.5 Å². The first kappa shape index (κ1) is 24.5. The number of aromatic nitrogens is 3. The number of hydrogen-bond acceptors (Lipinski definition) is 5. The van der Waals surface area contributed by atoms with E-state index < -0.39 is 10.0 Å². The lowest BCUT2D eigenvalue weighted by molar-refractivity contribution is 0.0550. The SMILES string of the molecule is Cn1cc(-c2cc3c(NS(C)(=O)=O)cccc3n2[C@H](c2ccccc2)C2CCOCC2)c2ccnc(O)c21. The van der Waals surface area contributed by atoms with E-state index in [1.807, 2.05) is 42.1 Å². The van der Waals surface area contributed by atoms with Crippen molar-refractivity contribution in [2.45, 2.75) is 18.9 Å². The maximum absolute atomic E-state index is 12.3. The van der Waals surface area contributed by atoms with Crippen molar-refractivity contribution < 1.29 is 18.3 Å². The summed E-state index contributed by atoms with van der Waals surface area (Å²) in [4.78, 5) is 4.09. The third-order valence-corrected chi connectivity index (χ3v) is 8.05. The molecule has 1 aliphatic rings. The number of nitrogens with zero attached hydrogens (tertiary/aromatic N) is 3. The van der Waals surface area contributed by atoms with E-state index in [4.69, 9.17) is 4.74 Å². The van der Waals surface area contributed by atoms with Gasteiger partial charge in [0, 0.05) is 49.0 Å². The van der Waals surface area contributed by atoms with Gasteiger partial charge < -0.3 is 19.0 Å². The average Bonchev–Trinajstić information content (AvgIpc) is 3.44. The molecule has 0 saturated carbocycles. The van der Waals surface area contributed by atoms with Crippen LogP contribution in [-0.2, 0) is 21.8 Å². The number of hydrogen-bond donors (Lipinski definition) is 2. The molecule has 2 aromatic carbocycles. The molecule has 8 nitrogen and oxygen atoms in total. The van der Waals surface area contributed by atoms with E-state index in [2.05, 4.69) is 44.6 Å². The van der Waals surface area contributed by atoms with Gasteiger partial charge in [-0.05, 0) is 48.6 Å². The van der Waals surface area contributed by atoms with E-state index in [0.717, 1.165) is 40.4 Å². The molecule has 0 bridgehead atoms. The number of fused-ring (bicyclic) bond motifs is 2. The summed E-state index contributed by atoms with van der Waals surface area (Å²) < 4.78 is 37.2. The number of aryl methyl sites for hydroxylation is 1. The first-order valence-electron chi connectivity index (χ1n) is 12.7. The summed E-state index contributed by atoms with van der Waals surface area (Å²) in [5.74, 6) is 0.291. The predicted molar refractivity (Wildman–Crippen MR) is 150 cm³/mol. The molecule has 1 saturated heterocycles. The van der Waals surface area contributed by atoms with Crippen molar-refractivity contribution in [3.8, 4) is 17.1 Å². The Morgan fingerprint density at radius 2 is 1.82 bits per heavy atom. The van der Waals surface area contributed by atoms with Crippen LogP contribution in [0.2, 0.25) is 0 Å². The number of pyridine rings is 1. The molecule has 0 spiro atoms. The van der Waals surface area contributed by atoms with Gasteiger partial charge in [0.05, 0.1) is 29.2 Å². The van der Waals surface area contributed by atoms with Gasteiger partial charge in [-0.3, -0.25) is 4.72 Å². The van der Waals surface area contributed by atoms with E-state index in [1.54, 1.807) is 12.3 Å². The fraction of sp³-hybridized carbons (Fsp3) is 0.276. The van der Waals surface area contributed by atoms with Gasteiger partial charge in [-0.1, -0.05) is 36.4 Å². The molecule has 3 aromatic heterocycles. The van der Waals surface area contributed by atoms with Gasteiger partial charge in [0.15, 0.2) is 0 Å². The van der Waals surface area contributed by atoms with Crippen LogP contribution in [0.25, 0.3) is 33.1 Å². The van der Waals surface area contributed by atoms with Crippen LogP contribution in [-0.4, -0.2) is 47.1 Å². The summed E-state index contributed by atoms with van der Waals surface area (Å²) in [6, 6.07) is 20.2. The van der Waals surface area contributed by atoms with Crippen molar-refractivity contribution in [2.75, 3.05) is 24.2 Å². The lowest BCUT2D eigenvalue weighted by Gasteiger charge is -2.34. The fourth-order valence-corrected chi connectivity index (χ4v) is 6.48. The van der Waals surface area contributed by atoms with Gasteiger partial charge >= 0.3 is 0 Å². The monoisotopic (exact) mass is 530 g/mol. The molecular weight excluding hydrogens is 500 g/mol. The second-order valence-corrected chi connectivity index (χ2v) is 11.8. The van der Waals surface area contributed by atoms with Crippen LogP contribution in [0.3, 0.4) is 0 Å². The maximum atomic E-state index is 12.3. The van der Waals surface area contributed by atoms with E-state index in [0.29, 0.717) is 30.3 Å². The van der Waals surface area contributed by atoms with E-state index >= 15 is 0 Å². The summed E-state index contributed by atoms with van der Waals surface area (Å²) in [6.07, 6.45) is 6.61. The summed E-state index contributed by atoms with van der Waals surface area (Å²) in [5, 5.41) is 12.2. The Hall–Kier alpha value is -3.82. The van der Waals surface area contributed by atoms with Crippen LogP contribution in [0.4, 0.5) is 5.69 Å². The zero-order valence-corrected chi connectivity index (χ0v) is 22.1. The highest BCUT2D eigenvalue weighted by Gasteiger charge is 2.31. The Balaban J connectivity index is 1.69. The highest BCUT2D eigenvalue weighted by molar-refractivity contribution is 7.92. The van der Waals surface area contributed by atoms with Crippen molar-refractivity contribution in [1.82, 2.24) is 14.1 Å². The lowest BCUT2D eigenvalue weighted by atomic mass is 9.86. The standard InChI is InChI=1S/C29H30N4O4S/c1-32-18-23(21-11-14-30-29(34)28(21)32)26-17-22-24(31-38(2,35)36)9-6-10-25(22)33(26)27(19-7-4-3-5-8-19)20-12-15-37-16-13-20/h3-11,14,17-18,20,27,31H,12-13,15-16H2,1-2H3,(H,30,34)/t27-/m1/s1. The minimum Gasteiger partial charge on any atom is -0.492 e. The van der Waals surface area contributed by atoms with Crippen molar-refractivity contribution in [1.29, 1.82) is 0 Å². The van der Waals surface area contributed by atoms with Crippen molar-refractivity contribution >= 4 is 37.5 Å². The molecule has 2 N–H and O–H groups in total. The molecule has 196 valence electrons. The highest BCUT2D eigenvalue weighted by atomic mass is 32.2. The Kier molecular flexibility index (Phi) is 6.12. The minimum atomic E-state index is -3.49. The quantitative estimate of drug-likeness (QED) is 0.311. The molecule has 9 heteroatoms. The molecule has 0 unspecified atom stereocenters. The number of benzene rings is 2. The molecule has 5 aromatic rings. The van der Waals surface area contributed by atoms with Crippen LogP contribution in [0, 0.1) is 5.92 Å². The van der Waals surface area contributed by atoms with Crippen LogP contribution in [0.1, 0.15) is 24.4 Å². The second kappa shape index (κ2) is 9.49. The second-order valence-electron chi connectivity index (χ2n) is 10.0. The fourth-order valence-electron chi connectivity index (χ4n) is 5.90. The first-order chi connectivity index (χ1) is 18.3.